The summed E-state index contributed by atoms with van der Waals surface area (Å²) < 4.78 is 2.08. The summed E-state index contributed by atoms with van der Waals surface area (Å²) in [4.78, 5) is 22.0. The van der Waals surface area contributed by atoms with Crippen LogP contribution < -0.4 is 5.32 Å². The molecule has 1 aromatic carbocycles. The van der Waals surface area contributed by atoms with Gasteiger partial charge in [-0.1, -0.05) is 0 Å². The van der Waals surface area contributed by atoms with Gasteiger partial charge in [0, 0.05) is 24.9 Å². The monoisotopic (exact) mass is 324 g/mol. The Labute approximate surface area is 116 Å². The molecule has 0 radical (unpaired) electrons. The number of hydrogen-bond acceptors (Lipinski definition) is 4. The van der Waals surface area contributed by atoms with Crippen molar-refractivity contribution in [3.8, 4) is 5.69 Å². The summed E-state index contributed by atoms with van der Waals surface area (Å²) in [6.07, 6.45) is 3.12. The maximum absolute atomic E-state index is 11.5. The number of nitro groups is 1. The molecule has 2 aromatic rings. The first-order valence-electron chi connectivity index (χ1n) is 5.24. The Morgan fingerprint density at radius 2 is 2.26 bits per heavy atom. The first-order chi connectivity index (χ1) is 9.02. The summed E-state index contributed by atoms with van der Waals surface area (Å²) >= 11 is 3.22. The van der Waals surface area contributed by atoms with E-state index in [1.165, 1.54) is 36.1 Å². The van der Waals surface area contributed by atoms with E-state index in [4.69, 9.17) is 0 Å². The van der Waals surface area contributed by atoms with Gasteiger partial charge in [0.15, 0.2) is 0 Å². The predicted octanol–water partition coefficient (Wildman–Crippen LogP) is 1.90. The fraction of sp³-hybridized carbons (Fsp3) is 0.0909. The van der Waals surface area contributed by atoms with Crippen LogP contribution in [0, 0.1) is 10.1 Å². The topological polar surface area (TPSA) is 90.1 Å². The van der Waals surface area contributed by atoms with Gasteiger partial charge < -0.3 is 5.32 Å². The maximum Gasteiger partial charge on any atom is 0.295 e. The molecule has 0 atom stereocenters. The van der Waals surface area contributed by atoms with E-state index < -0.39 is 4.92 Å². The molecule has 19 heavy (non-hydrogen) atoms. The predicted molar refractivity (Wildman–Crippen MR) is 71.3 cm³/mol. The lowest BCUT2D eigenvalue weighted by Gasteiger charge is -2.05. The molecular formula is C11H9BrN4O3. The van der Waals surface area contributed by atoms with Crippen LogP contribution in [0.15, 0.2) is 35.1 Å². The van der Waals surface area contributed by atoms with Crippen LogP contribution in [0.4, 0.5) is 5.69 Å². The van der Waals surface area contributed by atoms with Crippen molar-refractivity contribution in [1.29, 1.82) is 0 Å². The number of rotatable bonds is 3. The lowest BCUT2D eigenvalue weighted by molar-refractivity contribution is -0.384. The van der Waals surface area contributed by atoms with Gasteiger partial charge in [0.25, 0.3) is 11.6 Å². The second kappa shape index (κ2) is 5.19. The Morgan fingerprint density at radius 1 is 1.53 bits per heavy atom. The van der Waals surface area contributed by atoms with E-state index in [0.29, 0.717) is 10.2 Å². The van der Waals surface area contributed by atoms with Crippen molar-refractivity contribution >= 4 is 27.5 Å². The molecule has 0 saturated carbocycles. The Morgan fingerprint density at radius 3 is 2.79 bits per heavy atom. The number of aromatic nitrogens is 2. The highest BCUT2D eigenvalue weighted by Gasteiger charge is 2.19. The lowest BCUT2D eigenvalue weighted by Crippen LogP contribution is -2.18. The lowest BCUT2D eigenvalue weighted by atomic mass is 10.1. The first kappa shape index (κ1) is 13.2. The van der Waals surface area contributed by atoms with Crippen molar-refractivity contribution in [3.05, 3.63) is 50.7 Å². The molecule has 0 aliphatic carbocycles. The van der Waals surface area contributed by atoms with Crippen LogP contribution >= 0.6 is 15.9 Å². The Bertz CT molecular complexity index is 653. The fourth-order valence-corrected chi connectivity index (χ4v) is 1.87. The third-order valence-electron chi connectivity index (χ3n) is 2.46. The molecule has 0 aliphatic heterocycles. The van der Waals surface area contributed by atoms with Crippen molar-refractivity contribution in [2.45, 2.75) is 0 Å². The highest BCUT2D eigenvalue weighted by atomic mass is 79.9. The molecule has 98 valence electrons. The van der Waals surface area contributed by atoms with Gasteiger partial charge in [0.2, 0.25) is 0 Å². The van der Waals surface area contributed by atoms with Gasteiger partial charge >= 0.3 is 0 Å². The number of amides is 1. The van der Waals surface area contributed by atoms with Crippen LogP contribution in [0.5, 0.6) is 0 Å². The molecule has 0 spiro atoms. The van der Waals surface area contributed by atoms with Gasteiger partial charge in [0.05, 0.1) is 15.6 Å². The van der Waals surface area contributed by atoms with Crippen molar-refractivity contribution < 1.29 is 9.72 Å². The van der Waals surface area contributed by atoms with Crippen LogP contribution in [0.2, 0.25) is 0 Å². The molecule has 0 aliphatic rings. The Balaban J connectivity index is 2.56. The molecule has 0 bridgehead atoms. The molecule has 2 rings (SSSR count). The van der Waals surface area contributed by atoms with Crippen molar-refractivity contribution in [2.24, 2.45) is 0 Å². The average molecular weight is 325 g/mol. The molecule has 1 aromatic heterocycles. The molecule has 0 unspecified atom stereocenters. The van der Waals surface area contributed by atoms with Crippen LogP contribution in [0.1, 0.15) is 10.4 Å². The first-order valence-corrected chi connectivity index (χ1v) is 6.03. The molecule has 8 heteroatoms. The quantitative estimate of drug-likeness (QED) is 0.689. The second-order valence-corrected chi connectivity index (χ2v) is 4.56. The minimum atomic E-state index is -0.544. The zero-order valence-corrected chi connectivity index (χ0v) is 11.4. The molecule has 7 nitrogen and oxygen atoms in total. The molecule has 0 saturated heterocycles. The van der Waals surface area contributed by atoms with Crippen LogP contribution in [-0.4, -0.2) is 27.7 Å². The number of carbonyl (C=O) groups excluding carboxylic acids is 1. The highest BCUT2D eigenvalue weighted by molar-refractivity contribution is 9.10. The van der Waals surface area contributed by atoms with Gasteiger partial charge in [0.1, 0.15) is 5.69 Å². The number of nitrogens with zero attached hydrogens (tertiary/aromatic N) is 3. The van der Waals surface area contributed by atoms with Crippen molar-refractivity contribution in [2.75, 3.05) is 7.05 Å². The second-order valence-electron chi connectivity index (χ2n) is 3.64. The summed E-state index contributed by atoms with van der Waals surface area (Å²) in [5, 5.41) is 17.5. The van der Waals surface area contributed by atoms with E-state index in [-0.39, 0.29) is 17.2 Å². The van der Waals surface area contributed by atoms with Crippen LogP contribution in [-0.2, 0) is 0 Å². The van der Waals surface area contributed by atoms with Gasteiger partial charge in [-0.15, -0.1) is 0 Å². The zero-order chi connectivity index (χ0) is 14.0. The van der Waals surface area contributed by atoms with E-state index in [2.05, 4.69) is 26.3 Å². The average Bonchev–Trinajstić information content (AvgIpc) is 2.83. The van der Waals surface area contributed by atoms with Crippen molar-refractivity contribution in [3.63, 3.8) is 0 Å². The normalized spacial score (nSPS) is 10.2. The third kappa shape index (κ3) is 2.63. The highest BCUT2D eigenvalue weighted by Crippen LogP contribution is 2.24. The summed E-state index contributed by atoms with van der Waals surface area (Å²) in [6.45, 7) is 0. The minimum Gasteiger partial charge on any atom is -0.355 e. The van der Waals surface area contributed by atoms with Crippen LogP contribution in [0.25, 0.3) is 5.69 Å². The summed E-state index contributed by atoms with van der Waals surface area (Å²) in [5.74, 6) is -0.378. The van der Waals surface area contributed by atoms with Crippen LogP contribution in [0.3, 0.4) is 0 Å². The zero-order valence-electron chi connectivity index (χ0n) is 9.83. The Hall–Kier alpha value is -2.22. The van der Waals surface area contributed by atoms with Gasteiger partial charge in [-0.3, -0.25) is 14.9 Å². The third-order valence-corrected chi connectivity index (χ3v) is 2.87. The summed E-state index contributed by atoms with van der Waals surface area (Å²) in [7, 11) is 1.46. The van der Waals surface area contributed by atoms with Gasteiger partial charge in [-0.2, -0.15) is 5.10 Å². The van der Waals surface area contributed by atoms with E-state index in [1.807, 2.05) is 0 Å². The number of benzene rings is 1. The maximum atomic E-state index is 11.5. The molecule has 1 N–H and O–H groups in total. The van der Waals surface area contributed by atoms with E-state index in [9.17, 15) is 14.9 Å². The Kier molecular flexibility index (Phi) is 3.61. The number of nitrogens with one attached hydrogen (secondary N) is 1. The largest absolute Gasteiger partial charge is 0.355 e. The number of hydrogen-bond donors (Lipinski definition) is 1. The van der Waals surface area contributed by atoms with E-state index in [1.54, 1.807) is 6.20 Å². The molecule has 0 fully saturated rings. The summed E-state index contributed by atoms with van der Waals surface area (Å²) in [6, 6.07) is 4.22. The molecule has 1 amide bonds. The fourth-order valence-electron chi connectivity index (χ4n) is 1.58. The molecular weight excluding hydrogens is 316 g/mol. The minimum absolute atomic E-state index is 0.184. The van der Waals surface area contributed by atoms with Gasteiger partial charge in [-0.05, 0) is 28.1 Å². The smallest absolute Gasteiger partial charge is 0.295 e. The molecule has 1 heterocycles. The van der Waals surface area contributed by atoms with Crippen molar-refractivity contribution in [1.82, 2.24) is 15.1 Å². The van der Waals surface area contributed by atoms with E-state index >= 15 is 0 Å². The SMILES string of the molecule is CNC(=O)c1ccc(-n2cc(Br)cn2)c([N+](=O)[O-])c1. The standard InChI is InChI=1S/C11H9BrN4O3/c1-13-11(17)7-2-3-9(10(4-7)16(18)19)15-6-8(12)5-14-15/h2-6H,1H3,(H,13,17). The van der Waals surface area contributed by atoms with E-state index in [0.717, 1.165) is 0 Å². The van der Waals surface area contributed by atoms with Gasteiger partial charge in [-0.25, -0.2) is 4.68 Å². The summed E-state index contributed by atoms with van der Waals surface area (Å²) in [5.41, 5.74) is 0.337. The number of carbonyl (C=O) groups is 1. The number of halogens is 1. The number of nitro benzene ring substituents is 1.